The summed E-state index contributed by atoms with van der Waals surface area (Å²) in [6, 6.07) is 0. The van der Waals surface area contributed by atoms with Crippen molar-refractivity contribution in [3.63, 3.8) is 0 Å². The van der Waals surface area contributed by atoms with Crippen molar-refractivity contribution in [3.8, 4) is 0 Å². The minimum absolute atomic E-state index is 0.151. The summed E-state index contributed by atoms with van der Waals surface area (Å²) in [6.07, 6.45) is 0.372. The quantitative estimate of drug-likeness (QED) is 0.673. The zero-order valence-corrected chi connectivity index (χ0v) is 10.0. The average Bonchev–Trinajstić information content (AvgIpc) is 1.97. The Balaban J connectivity index is 2.71. The van der Waals surface area contributed by atoms with E-state index in [-0.39, 0.29) is 18.1 Å². The van der Waals surface area contributed by atoms with E-state index in [2.05, 4.69) is 4.52 Å². The van der Waals surface area contributed by atoms with Gasteiger partial charge in [-0.15, -0.1) is 4.20 Å². The predicted molar refractivity (Wildman–Crippen MR) is 52.8 cm³/mol. The van der Waals surface area contributed by atoms with Gasteiger partial charge in [-0.1, -0.05) is 27.7 Å². The van der Waals surface area contributed by atoms with Gasteiger partial charge in [-0.2, -0.15) is 0 Å². The van der Waals surface area contributed by atoms with E-state index in [9.17, 15) is 8.76 Å². The highest BCUT2D eigenvalue weighted by Crippen LogP contribution is 2.58. The van der Waals surface area contributed by atoms with Gasteiger partial charge in [-0.3, -0.25) is 9.05 Å². The molecule has 84 valence electrons. The molecular formula is C9H18FO3P. The van der Waals surface area contributed by atoms with Gasteiger partial charge in [0.1, 0.15) is 0 Å². The summed E-state index contributed by atoms with van der Waals surface area (Å²) in [6.45, 7) is 8.06. The SMILES string of the molecule is CC(C)CC1OP(=O)(F)OCC1(C)C. The van der Waals surface area contributed by atoms with Gasteiger partial charge in [0.15, 0.2) is 0 Å². The standard InChI is InChI=1S/C9H18FO3P/c1-7(2)5-8-9(3,4)6-12-14(10,11)13-8/h7-8H,5-6H2,1-4H3. The molecule has 1 saturated heterocycles. The van der Waals surface area contributed by atoms with Crippen molar-refractivity contribution >= 4 is 7.91 Å². The molecule has 0 N–H and O–H groups in total. The van der Waals surface area contributed by atoms with Crippen LogP contribution >= 0.6 is 7.91 Å². The molecule has 14 heavy (non-hydrogen) atoms. The van der Waals surface area contributed by atoms with E-state index < -0.39 is 7.91 Å². The van der Waals surface area contributed by atoms with Crippen LogP contribution in [0.4, 0.5) is 4.20 Å². The van der Waals surface area contributed by atoms with Crippen LogP contribution < -0.4 is 0 Å². The maximum atomic E-state index is 13.0. The molecule has 1 heterocycles. The lowest BCUT2D eigenvalue weighted by atomic mass is 9.83. The molecule has 1 fully saturated rings. The molecule has 0 radical (unpaired) electrons. The lowest BCUT2D eigenvalue weighted by molar-refractivity contribution is -0.0453. The molecule has 0 aromatic rings. The molecule has 3 nitrogen and oxygen atoms in total. The van der Waals surface area contributed by atoms with Gasteiger partial charge in [0.2, 0.25) is 0 Å². The summed E-state index contributed by atoms with van der Waals surface area (Å²) < 4.78 is 33.5. The fourth-order valence-corrected chi connectivity index (χ4v) is 2.67. The largest absolute Gasteiger partial charge is 0.513 e. The first-order valence-electron chi connectivity index (χ1n) is 4.85. The molecule has 2 atom stereocenters. The summed E-state index contributed by atoms with van der Waals surface area (Å²) in [4.78, 5) is 0. The third-order valence-electron chi connectivity index (χ3n) is 2.40. The summed E-state index contributed by atoms with van der Waals surface area (Å²) in [5, 5.41) is 0. The number of hydrogen-bond acceptors (Lipinski definition) is 3. The van der Waals surface area contributed by atoms with Crippen LogP contribution in [0, 0.1) is 11.3 Å². The molecule has 0 spiro atoms. The number of hydrogen-bond donors (Lipinski definition) is 0. The van der Waals surface area contributed by atoms with Gasteiger partial charge >= 0.3 is 7.91 Å². The predicted octanol–water partition coefficient (Wildman–Crippen LogP) is 3.55. The Morgan fingerprint density at radius 2 is 2.14 bits per heavy atom. The van der Waals surface area contributed by atoms with E-state index in [0.29, 0.717) is 12.3 Å². The Morgan fingerprint density at radius 3 is 2.64 bits per heavy atom. The zero-order valence-electron chi connectivity index (χ0n) is 9.12. The fourth-order valence-electron chi connectivity index (χ4n) is 1.45. The Labute approximate surface area is 84.6 Å². The highest BCUT2D eigenvalue weighted by molar-refractivity contribution is 7.48. The molecule has 0 aromatic carbocycles. The van der Waals surface area contributed by atoms with Gasteiger partial charge in [0.05, 0.1) is 12.7 Å². The lowest BCUT2D eigenvalue weighted by Crippen LogP contribution is -2.39. The first-order chi connectivity index (χ1) is 6.23. The van der Waals surface area contributed by atoms with E-state index in [1.165, 1.54) is 0 Å². The first kappa shape index (κ1) is 12.2. The minimum atomic E-state index is -4.28. The molecule has 1 rings (SSSR count). The van der Waals surface area contributed by atoms with E-state index >= 15 is 0 Å². The van der Waals surface area contributed by atoms with Crippen molar-refractivity contribution in [2.45, 2.75) is 40.2 Å². The summed E-state index contributed by atoms with van der Waals surface area (Å²) >= 11 is 0. The van der Waals surface area contributed by atoms with E-state index in [4.69, 9.17) is 4.52 Å². The summed E-state index contributed by atoms with van der Waals surface area (Å²) in [5.41, 5.74) is -0.274. The smallest absolute Gasteiger partial charge is 0.283 e. The maximum Gasteiger partial charge on any atom is 0.513 e. The molecule has 0 saturated carbocycles. The molecule has 1 aliphatic rings. The van der Waals surface area contributed by atoms with Gasteiger partial charge in [0, 0.05) is 5.41 Å². The Bertz CT molecular complexity index is 252. The topological polar surface area (TPSA) is 35.5 Å². The second-order valence-corrected chi connectivity index (χ2v) is 6.25. The summed E-state index contributed by atoms with van der Waals surface area (Å²) in [5.74, 6) is 0.386. The third kappa shape index (κ3) is 3.04. The van der Waals surface area contributed by atoms with Crippen molar-refractivity contribution < 1.29 is 17.8 Å². The molecule has 2 unspecified atom stereocenters. The van der Waals surface area contributed by atoms with Crippen molar-refractivity contribution in [2.75, 3.05) is 6.61 Å². The van der Waals surface area contributed by atoms with Crippen LogP contribution in [-0.4, -0.2) is 12.7 Å². The molecule has 0 aliphatic carbocycles. The van der Waals surface area contributed by atoms with Crippen molar-refractivity contribution in [2.24, 2.45) is 11.3 Å². The van der Waals surface area contributed by atoms with Crippen LogP contribution in [0.5, 0.6) is 0 Å². The molecular weight excluding hydrogens is 206 g/mol. The van der Waals surface area contributed by atoms with E-state index in [1.807, 2.05) is 27.7 Å². The Kier molecular flexibility index (Phi) is 3.40. The Hall–Kier alpha value is 0.0800. The van der Waals surface area contributed by atoms with Crippen LogP contribution in [0.2, 0.25) is 0 Å². The first-order valence-corrected chi connectivity index (χ1v) is 6.29. The maximum absolute atomic E-state index is 13.0. The van der Waals surface area contributed by atoms with Gasteiger partial charge in [-0.05, 0) is 12.3 Å². The highest BCUT2D eigenvalue weighted by atomic mass is 31.2. The third-order valence-corrected chi connectivity index (χ3v) is 3.34. The van der Waals surface area contributed by atoms with Gasteiger partial charge in [-0.25, -0.2) is 4.57 Å². The molecule has 5 heteroatoms. The van der Waals surface area contributed by atoms with Crippen molar-refractivity contribution in [3.05, 3.63) is 0 Å². The zero-order chi connectivity index (χ0) is 11.0. The number of rotatable bonds is 2. The second-order valence-electron chi connectivity index (χ2n) is 4.92. The highest BCUT2D eigenvalue weighted by Gasteiger charge is 2.44. The molecule has 1 aliphatic heterocycles. The van der Waals surface area contributed by atoms with Gasteiger partial charge in [0.25, 0.3) is 0 Å². The fraction of sp³-hybridized carbons (Fsp3) is 1.00. The van der Waals surface area contributed by atoms with Crippen LogP contribution in [0.3, 0.4) is 0 Å². The molecule has 0 amide bonds. The minimum Gasteiger partial charge on any atom is -0.283 e. The molecule has 0 aromatic heterocycles. The van der Waals surface area contributed by atoms with Gasteiger partial charge < -0.3 is 0 Å². The van der Waals surface area contributed by atoms with Crippen LogP contribution in [-0.2, 0) is 13.6 Å². The normalized spacial score (nSPS) is 37.4. The lowest BCUT2D eigenvalue weighted by Gasteiger charge is -2.39. The molecule has 0 bridgehead atoms. The van der Waals surface area contributed by atoms with Crippen molar-refractivity contribution in [1.82, 2.24) is 0 Å². The van der Waals surface area contributed by atoms with Crippen LogP contribution in [0.15, 0.2) is 0 Å². The average molecular weight is 224 g/mol. The monoisotopic (exact) mass is 224 g/mol. The van der Waals surface area contributed by atoms with Crippen LogP contribution in [0.25, 0.3) is 0 Å². The van der Waals surface area contributed by atoms with Crippen LogP contribution in [0.1, 0.15) is 34.1 Å². The van der Waals surface area contributed by atoms with Crippen molar-refractivity contribution in [1.29, 1.82) is 0 Å². The second kappa shape index (κ2) is 3.92. The number of halogens is 1. The van der Waals surface area contributed by atoms with E-state index in [0.717, 1.165) is 0 Å². The van der Waals surface area contributed by atoms with E-state index in [1.54, 1.807) is 0 Å². The Morgan fingerprint density at radius 1 is 1.57 bits per heavy atom. The summed E-state index contributed by atoms with van der Waals surface area (Å²) in [7, 11) is -4.28.